The zero-order valence-corrected chi connectivity index (χ0v) is 17.8. The lowest BCUT2D eigenvalue weighted by atomic mass is 10.2. The third kappa shape index (κ3) is 5.15. The van der Waals surface area contributed by atoms with Gasteiger partial charge in [-0.2, -0.15) is 0 Å². The van der Waals surface area contributed by atoms with Gasteiger partial charge in [0, 0.05) is 20.1 Å². The van der Waals surface area contributed by atoms with E-state index < -0.39 is 10.0 Å². The number of hydrogen-bond donors (Lipinski definition) is 1. The third-order valence-corrected chi connectivity index (χ3v) is 6.25. The van der Waals surface area contributed by atoms with E-state index in [-0.39, 0.29) is 21.4 Å². The molecule has 0 radical (unpaired) electrons. The lowest BCUT2D eigenvalue weighted by Crippen LogP contribution is -2.32. The number of halogens is 1. The Morgan fingerprint density at radius 1 is 1.11 bits per heavy atom. The Morgan fingerprint density at radius 3 is 2.32 bits per heavy atom. The van der Waals surface area contributed by atoms with Crippen molar-refractivity contribution in [3.8, 4) is 5.75 Å². The number of benzene rings is 2. The molecular weight excluding hydrogens is 402 g/mol. The van der Waals surface area contributed by atoms with Gasteiger partial charge >= 0.3 is 0 Å². The van der Waals surface area contributed by atoms with Crippen LogP contribution in [0.25, 0.3) is 0 Å². The van der Waals surface area contributed by atoms with Gasteiger partial charge in [-0.15, -0.1) is 0 Å². The van der Waals surface area contributed by atoms with Crippen molar-refractivity contribution < 1.29 is 17.9 Å². The van der Waals surface area contributed by atoms with Gasteiger partial charge in [-0.1, -0.05) is 11.6 Å². The average Bonchev–Trinajstić information content (AvgIpc) is 2.67. The summed E-state index contributed by atoms with van der Waals surface area (Å²) in [5, 5.41) is 3.02. The van der Waals surface area contributed by atoms with E-state index in [4.69, 9.17) is 16.3 Å². The van der Waals surface area contributed by atoms with Gasteiger partial charge in [-0.05, 0) is 56.6 Å². The molecule has 152 valence electrons. The van der Waals surface area contributed by atoms with Gasteiger partial charge in [0.1, 0.15) is 5.75 Å². The predicted molar refractivity (Wildman–Crippen MR) is 111 cm³/mol. The number of rotatable bonds is 8. The smallest absolute Gasteiger partial charge is 0.264 e. The van der Waals surface area contributed by atoms with Crippen LogP contribution >= 0.6 is 11.6 Å². The second kappa shape index (κ2) is 9.27. The number of methoxy groups -OCH3 is 1. The highest BCUT2D eigenvalue weighted by molar-refractivity contribution is 7.92. The van der Waals surface area contributed by atoms with Crippen LogP contribution in [0, 0.1) is 0 Å². The first-order valence-corrected chi connectivity index (χ1v) is 10.3. The predicted octanol–water partition coefficient (Wildman–Crippen LogP) is 2.47. The summed E-state index contributed by atoms with van der Waals surface area (Å²) in [6.07, 6.45) is 0. The second-order valence-corrected chi connectivity index (χ2v) is 8.75. The number of likely N-dealkylation sites (N-methyl/N-ethyl adjacent to an activating group) is 1. The number of carbonyl (C=O) groups excluding carboxylic acids is 1. The normalized spacial score (nSPS) is 11.4. The van der Waals surface area contributed by atoms with Crippen molar-refractivity contribution in [1.29, 1.82) is 0 Å². The zero-order valence-electron chi connectivity index (χ0n) is 16.3. The van der Waals surface area contributed by atoms with E-state index in [1.165, 1.54) is 38.4 Å². The van der Waals surface area contributed by atoms with Crippen LogP contribution in [0.5, 0.6) is 5.75 Å². The fraction of sp³-hybridized carbons (Fsp3) is 0.316. The van der Waals surface area contributed by atoms with Crippen LogP contribution in [0.1, 0.15) is 10.4 Å². The van der Waals surface area contributed by atoms with Crippen molar-refractivity contribution in [3.05, 3.63) is 53.1 Å². The van der Waals surface area contributed by atoms with Gasteiger partial charge in [-0.3, -0.25) is 9.10 Å². The van der Waals surface area contributed by atoms with Crippen molar-refractivity contribution in [2.45, 2.75) is 4.90 Å². The largest absolute Gasteiger partial charge is 0.497 e. The second-order valence-electron chi connectivity index (χ2n) is 6.37. The summed E-state index contributed by atoms with van der Waals surface area (Å²) in [5.74, 6) is 0.203. The van der Waals surface area contributed by atoms with Gasteiger partial charge in [0.2, 0.25) is 0 Å². The van der Waals surface area contributed by atoms with Crippen molar-refractivity contribution in [1.82, 2.24) is 10.2 Å². The molecule has 0 unspecified atom stereocenters. The number of anilines is 1. The summed E-state index contributed by atoms with van der Waals surface area (Å²) in [5.41, 5.74) is 0.549. The molecular formula is C19H24ClN3O4S. The molecule has 2 rings (SSSR count). The van der Waals surface area contributed by atoms with E-state index in [2.05, 4.69) is 5.32 Å². The Kier molecular flexibility index (Phi) is 7.29. The molecule has 0 aliphatic heterocycles. The SMILES string of the molecule is COc1ccc(S(=O)(=O)N(C)c2ccc(Cl)c(C(=O)NCCN(C)C)c2)cc1. The van der Waals surface area contributed by atoms with Crippen molar-refractivity contribution >= 4 is 33.2 Å². The first-order chi connectivity index (χ1) is 13.2. The third-order valence-electron chi connectivity index (χ3n) is 4.12. The summed E-state index contributed by atoms with van der Waals surface area (Å²) in [6.45, 7) is 1.13. The maximum atomic E-state index is 12.9. The van der Waals surface area contributed by atoms with Gasteiger partial charge in [0.05, 0.1) is 28.3 Å². The minimum atomic E-state index is -3.80. The van der Waals surface area contributed by atoms with Gasteiger partial charge in [-0.25, -0.2) is 8.42 Å². The molecule has 0 heterocycles. The summed E-state index contributed by atoms with van der Waals surface area (Å²) in [6, 6.07) is 10.6. The quantitative estimate of drug-likeness (QED) is 0.702. The summed E-state index contributed by atoms with van der Waals surface area (Å²) in [7, 11) is 2.93. The first kappa shape index (κ1) is 22.0. The van der Waals surface area contributed by atoms with E-state index in [0.29, 0.717) is 24.5 Å². The van der Waals surface area contributed by atoms with Crippen LogP contribution in [-0.4, -0.2) is 60.6 Å². The van der Waals surface area contributed by atoms with Crippen LogP contribution < -0.4 is 14.4 Å². The maximum absolute atomic E-state index is 12.9. The van der Waals surface area contributed by atoms with Crippen molar-refractivity contribution in [2.75, 3.05) is 45.6 Å². The first-order valence-electron chi connectivity index (χ1n) is 8.52. The summed E-state index contributed by atoms with van der Waals surface area (Å²) >= 11 is 6.15. The Balaban J connectivity index is 2.27. The summed E-state index contributed by atoms with van der Waals surface area (Å²) < 4.78 is 32.0. The highest BCUT2D eigenvalue weighted by atomic mass is 35.5. The van der Waals surface area contributed by atoms with E-state index in [9.17, 15) is 13.2 Å². The Hall–Kier alpha value is -2.29. The number of sulfonamides is 1. The van der Waals surface area contributed by atoms with Gasteiger partial charge < -0.3 is 15.0 Å². The maximum Gasteiger partial charge on any atom is 0.264 e. The Bertz CT molecular complexity index is 931. The minimum absolute atomic E-state index is 0.114. The average molecular weight is 426 g/mol. The molecule has 1 N–H and O–H groups in total. The van der Waals surface area contributed by atoms with Crippen LogP contribution in [0.2, 0.25) is 5.02 Å². The Labute approximate surface area is 170 Å². The number of hydrogen-bond acceptors (Lipinski definition) is 5. The molecule has 0 bridgehead atoms. The fourth-order valence-corrected chi connectivity index (χ4v) is 3.81. The molecule has 0 spiro atoms. The molecule has 2 aromatic rings. The molecule has 2 aromatic carbocycles. The number of amides is 1. The molecule has 0 aliphatic rings. The standard InChI is InChI=1S/C19H24ClN3O4S/c1-22(2)12-11-21-19(24)17-13-14(5-10-18(17)20)23(3)28(25,26)16-8-6-15(27-4)7-9-16/h5-10,13H,11-12H2,1-4H3,(H,21,24). The highest BCUT2D eigenvalue weighted by Gasteiger charge is 2.23. The molecule has 9 heteroatoms. The number of ether oxygens (including phenoxy) is 1. The molecule has 1 amide bonds. The van der Waals surface area contributed by atoms with E-state index >= 15 is 0 Å². The van der Waals surface area contributed by atoms with Gasteiger partial charge in [0.25, 0.3) is 15.9 Å². The zero-order chi connectivity index (χ0) is 20.9. The van der Waals surface area contributed by atoms with E-state index in [0.717, 1.165) is 4.31 Å². The van der Waals surface area contributed by atoms with Crippen LogP contribution in [0.4, 0.5) is 5.69 Å². The van der Waals surface area contributed by atoms with E-state index in [1.54, 1.807) is 18.2 Å². The topological polar surface area (TPSA) is 79.0 Å². The van der Waals surface area contributed by atoms with Crippen LogP contribution in [0.3, 0.4) is 0 Å². The highest BCUT2D eigenvalue weighted by Crippen LogP contribution is 2.27. The van der Waals surface area contributed by atoms with Crippen molar-refractivity contribution in [3.63, 3.8) is 0 Å². The molecule has 0 aromatic heterocycles. The summed E-state index contributed by atoms with van der Waals surface area (Å²) in [4.78, 5) is 14.5. The van der Waals surface area contributed by atoms with Crippen LogP contribution in [0.15, 0.2) is 47.4 Å². The van der Waals surface area contributed by atoms with Gasteiger partial charge in [0.15, 0.2) is 0 Å². The Morgan fingerprint density at radius 2 is 1.75 bits per heavy atom. The molecule has 0 saturated heterocycles. The van der Waals surface area contributed by atoms with Crippen LogP contribution in [-0.2, 0) is 10.0 Å². The number of nitrogens with one attached hydrogen (secondary N) is 1. The molecule has 28 heavy (non-hydrogen) atoms. The molecule has 0 fully saturated rings. The van der Waals surface area contributed by atoms with E-state index in [1.807, 2.05) is 19.0 Å². The lowest BCUT2D eigenvalue weighted by molar-refractivity contribution is 0.0951. The minimum Gasteiger partial charge on any atom is -0.497 e. The monoisotopic (exact) mass is 425 g/mol. The molecule has 0 saturated carbocycles. The molecule has 0 aliphatic carbocycles. The molecule has 0 atom stereocenters. The lowest BCUT2D eigenvalue weighted by Gasteiger charge is -2.21. The van der Waals surface area contributed by atoms with Crippen molar-refractivity contribution in [2.24, 2.45) is 0 Å². The number of carbonyl (C=O) groups is 1. The number of nitrogens with zero attached hydrogens (tertiary/aromatic N) is 2. The molecule has 7 nitrogen and oxygen atoms in total. The fourth-order valence-electron chi connectivity index (χ4n) is 2.42.